The highest BCUT2D eigenvalue weighted by atomic mass is 35.5. The lowest BCUT2D eigenvalue weighted by Crippen LogP contribution is -2.09. The molecule has 0 saturated carbocycles. The van der Waals surface area contributed by atoms with Crippen molar-refractivity contribution in [2.75, 3.05) is 19.0 Å². The van der Waals surface area contributed by atoms with Gasteiger partial charge in [-0.15, -0.1) is 0 Å². The number of hydrogen-bond acceptors (Lipinski definition) is 3. The first-order chi connectivity index (χ1) is 13.3. The van der Waals surface area contributed by atoms with Crippen molar-refractivity contribution in [2.45, 2.75) is 34.1 Å². The average molecular weight is 402 g/mol. The Morgan fingerprint density at radius 3 is 2.57 bits per heavy atom. The summed E-state index contributed by atoms with van der Waals surface area (Å²) in [5.74, 6) is 1.68. The summed E-state index contributed by atoms with van der Waals surface area (Å²) < 4.78 is 11.2. The van der Waals surface area contributed by atoms with Gasteiger partial charge in [0.1, 0.15) is 0 Å². The maximum absolute atomic E-state index is 12.3. The molecule has 0 saturated heterocycles. The molecule has 0 fully saturated rings. The van der Waals surface area contributed by atoms with Gasteiger partial charge in [0, 0.05) is 6.08 Å². The van der Waals surface area contributed by atoms with Gasteiger partial charge in [0.05, 0.1) is 24.4 Å². The molecule has 28 heavy (non-hydrogen) atoms. The van der Waals surface area contributed by atoms with E-state index in [2.05, 4.69) is 19.2 Å². The number of ether oxygens (including phenoxy) is 2. The molecule has 0 unspecified atom stereocenters. The molecule has 0 aliphatic carbocycles. The highest BCUT2D eigenvalue weighted by Crippen LogP contribution is 2.29. The number of aryl methyl sites for hydroxylation is 2. The Balaban J connectivity index is 2.06. The second-order valence-electron chi connectivity index (χ2n) is 7.20. The van der Waals surface area contributed by atoms with Gasteiger partial charge in [-0.05, 0) is 67.2 Å². The van der Waals surface area contributed by atoms with Gasteiger partial charge in [-0.25, -0.2) is 0 Å². The SMILES string of the molecule is COc1cc(C=CC(=O)Nc2c(C)cc(C)cc2Cl)ccc1OCCC(C)C. The maximum Gasteiger partial charge on any atom is 0.248 e. The van der Waals surface area contributed by atoms with E-state index in [0.717, 1.165) is 23.1 Å². The van der Waals surface area contributed by atoms with Crippen molar-refractivity contribution in [1.29, 1.82) is 0 Å². The first kappa shape index (κ1) is 21.8. The molecule has 1 amide bonds. The van der Waals surface area contributed by atoms with Crippen LogP contribution in [0.25, 0.3) is 6.08 Å². The van der Waals surface area contributed by atoms with Gasteiger partial charge in [-0.1, -0.05) is 37.6 Å². The van der Waals surface area contributed by atoms with Crippen LogP contribution in [0.1, 0.15) is 37.0 Å². The van der Waals surface area contributed by atoms with Crippen molar-refractivity contribution >= 4 is 29.3 Å². The zero-order valence-corrected chi connectivity index (χ0v) is 17.9. The van der Waals surface area contributed by atoms with E-state index in [0.29, 0.717) is 34.7 Å². The second-order valence-corrected chi connectivity index (χ2v) is 7.61. The molecule has 4 nitrogen and oxygen atoms in total. The molecule has 0 aromatic heterocycles. The number of hydrogen-bond donors (Lipinski definition) is 1. The van der Waals surface area contributed by atoms with Crippen molar-refractivity contribution in [3.8, 4) is 11.5 Å². The number of anilines is 1. The summed E-state index contributed by atoms with van der Waals surface area (Å²) >= 11 is 6.24. The highest BCUT2D eigenvalue weighted by molar-refractivity contribution is 6.34. The first-order valence-electron chi connectivity index (χ1n) is 9.36. The second kappa shape index (κ2) is 10.2. The van der Waals surface area contributed by atoms with Gasteiger partial charge in [-0.2, -0.15) is 0 Å². The lowest BCUT2D eigenvalue weighted by atomic mass is 10.1. The number of benzene rings is 2. The first-order valence-corrected chi connectivity index (χ1v) is 9.74. The van der Waals surface area contributed by atoms with Crippen molar-refractivity contribution in [3.63, 3.8) is 0 Å². The maximum atomic E-state index is 12.3. The summed E-state index contributed by atoms with van der Waals surface area (Å²) in [4.78, 5) is 12.3. The normalized spacial score (nSPS) is 11.1. The van der Waals surface area contributed by atoms with Gasteiger partial charge < -0.3 is 14.8 Å². The molecular formula is C23H28ClNO3. The summed E-state index contributed by atoms with van der Waals surface area (Å²) in [6, 6.07) is 9.41. The van der Waals surface area contributed by atoms with E-state index in [-0.39, 0.29) is 5.91 Å². The fraction of sp³-hybridized carbons (Fsp3) is 0.348. The summed E-state index contributed by atoms with van der Waals surface area (Å²) in [6.07, 6.45) is 4.18. The van der Waals surface area contributed by atoms with Gasteiger partial charge in [0.2, 0.25) is 5.91 Å². The van der Waals surface area contributed by atoms with Gasteiger partial charge in [-0.3, -0.25) is 4.79 Å². The smallest absolute Gasteiger partial charge is 0.248 e. The molecule has 2 aromatic carbocycles. The summed E-state index contributed by atoms with van der Waals surface area (Å²) in [6.45, 7) is 8.84. The molecule has 0 aliphatic rings. The van der Waals surface area contributed by atoms with Crippen molar-refractivity contribution < 1.29 is 14.3 Å². The largest absolute Gasteiger partial charge is 0.493 e. The molecule has 0 bridgehead atoms. The molecule has 2 aromatic rings. The molecule has 5 heteroatoms. The molecule has 0 radical (unpaired) electrons. The number of carbonyl (C=O) groups is 1. The molecular weight excluding hydrogens is 374 g/mol. The Hall–Kier alpha value is -2.46. The molecule has 0 atom stereocenters. The Labute approximate surface area is 172 Å². The minimum Gasteiger partial charge on any atom is -0.493 e. The number of carbonyl (C=O) groups excluding carboxylic acids is 1. The van der Waals surface area contributed by atoms with Crippen LogP contribution in [0.15, 0.2) is 36.4 Å². The number of methoxy groups -OCH3 is 1. The minimum atomic E-state index is -0.245. The van der Waals surface area contributed by atoms with Crippen molar-refractivity contribution in [2.24, 2.45) is 5.92 Å². The average Bonchev–Trinajstić information content (AvgIpc) is 2.63. The topological polar surface area (TPSA) is 47.6 Å². The zero-order chi connectivity index (χ0) is 20.7. The van der Waals surface area contributed by atoms with Crippen LogP contribution >= 0.6 is 11.6 Å². The van der Waals surface area contributed by atoms with Crippen molar-refractivity contribution in [3.05, 3.63) is 58.1 Å². The van der Waals surface area contributed by atoms with E-state index in [9.17, 15) is 4.79 Å². The van der Waals surface area contributed by atoms with Crippen LogP contribution in [0.5, 0.6) is 11.5 Å². The van der Waals surface area contributed by atoms with Gasteiger partial charge in [0.25, 0.3) is 0 Å². The van der Waals surface area contributed by atoms with E-state index in [1.807, 2.05) is 44.2 Å². The zero-order valence-electron chi connectivity index (χ0n) is 17.1. The molecule has 1 N–H and O–H groups in total. The van der Waals surface area contributed by atoms with E-state index >= 15 is 0 Å². The monoisotopic (exact) mass is 401 g/mol. The number of rotatable bonds is 8. The van der Waals surface area contributed by atoms with E-state index in [4.69, 9.17) is 21.1 Å². The quantitative estimate of drug-likeness (QED) is 0.548. The van der Waals surface area contributed by atoms with Gasteiger partial charge >= 0.3 is 0 Å². The molecule has 0 spiro atoms. The summed E-state index contributed by atoms with van der Waals surface area (Å²) in [5, 5.41) is 3.37. The fourth-order valence-corrected chi connectivity index (χ4v) is 3.09. The van der Waals surface area contributed by atoms with Crippen LogP contribution in [0.2, 0.25) is 5.02 Å². The Morgan fingerprint density at radius 2 is 1.93 bits per heavy atom. The van der Waals surface area contributed by atoms with Gasteiger partial charge in [0.15, 0.2) is 11.5 Å². The Bertz CT molecular complexity index is 836. The highest BCUT2D eigenvalue weighted by Gasteiger charge is 2.09. The van der Waals surface area contributed by atoms with Crippen LogP contribution < -0.4 is 14.8 Å². The molecule has 2 rings (SSSR count). The van der Waals surface area contributed by atoms with Crippen LogP contribution in [0, 0.1) is 19.8 Å². The number of nitrogens with one attached hydrogen (secondary N) is 1. The predicted molar refractivity (Wildman–Crippen MR) is 117 cm³/mol. The minimum absolute atomic E-state index is 0.245. The lowest BCUT2D eigenvalue weighted by Gasteiger charge is -2.12. The molecule has 0 heterocycles. The van der Waals surface area contributed by atoms with Crippen molar-refractivity contribution in [1.82, 2.24) is 0 Å². The third-order valence-electron chi connectivity index (χ3n) is 4.25. The third-order valence-corrected chi connectivity index (χ3v) is 4.55. The van der Waals surface area contributed by atoms with Crippen LogP contribution in [0.4, 0.5) is 5.69 Å². The fourth-order valence-electron chi connectivity index (χ4n) is 2.72. The number of halogens is 1. The third kappa shape index (κ3) is 6.31. The van der Waals surface area contributed by atoms with Crippen LogP contribution in [-0.2, 0) is 4.79 Å². The van der Waals surface area contributed by atoms with Crippen LogP contribution in [-0.4, -0.2) is 19.6 Å². The Kier molecular flexibility index (Phi) is 7.94. The lowest BCUT2D eigenvalue weighted by molar-refractivity contribution is -0.111. The summed E-state index contributed by atoms with van der Waals surface area (Å²) in [7, 11) is 1.60. The Morgan fingerprint density at radius 1 is 1.18 bits per heavy atom. The molecule has 0 aliphatic heterocycles. The van der Waals surface area contributed by atoms with E-state index in [1.54, 1.807) is 13.2 Å². The van der Waals surface area contributed by atoms with Crippen LogP contribution in [0.3, 0.4) is 0 Å². The van der Waals surface area contributed by atoms with E-state index in [1.165, 1.54) is 6.08 Å². The predicted octanol–water partition coefficient (Wildman–Crippen LogP) is 6.04. The van der Waals surface area contributed by atoms with E-state index < -0.39 is 0 Å². The summed E-state index contributed by atoms with van der Waals surface area (Å²) in [5.41, 5.74) is 3.46. The number of amides is 1. The standard InChI is InChI=1S/C23H28ClNO3/c1-15(2)10-11-28-20-8-6-18(14-21(20)27-5)7-9-22(26)25-23-17(4)12-16(3)13-19(23)24/h6-9,12-15H,10-11H2,1-5H3,(H,25,26). The molecule has 150 valence electrons.